The van der Waals surface area contributed by atoms with Crippen LogP contribution in [-0.2, 0) is 9.59 Å². The van der Waals surface area contributed by atoms with Crippen molar-refractivity contribution in [1.29, 1.82) is 0 Å². The number of nitrogens with one attached hydrogen (secondary N) is 1. The number of hydrogen-bond acceptors (Lipinski definition) is 3. The van der Waals surface area contributed by atoms with E-state index in [0.29, 0.717) is 22.9 Å². The Kier molecular flexibility index (Phi) is 3.42. The van der Waals surface area contributed by atoms with E-state index in [9.17, 15) is 9.59 Å². The molecule has 2 aliphatic rings. The summed E-state index contributed by atoms with van der Waals surface area (Å²) in [6.45, 7) is 2.04. The Bertz CT molecular complexity index is 580. The van der Waals surface area contributed by atoms with Gasteiger partial charge in [0.15, 0.2) is 0 Å². The average molecular weight is 311 g/mol. The highest BCUT2D eigenvalue weighted by Crippen LogP contribution is 2.47. The summed E-state index contributed by atoms with van der Waals surface area (Å²) in [5.74, 6) is 0.580. The molecule has 2 amide bonds. The molecular weight excluding hydrogens is 296 g/mol. The molecule has 2 heterocycles. The second kappa shape index (κ2) is 4.97. The van der Waals surface area contributed by atoms with Gasteiger partial charge in [0.1, 0.15) is 6.04 Å². The van der Waals surface area contributed by atoms with Crippen molar-refractivity contribution in [3.8, 4) is 0 Å². The third-order valence-corrected chi connectivity index (χ3v) is 5.58. The SMILES string of the molecule is C[C@]12CCC(=O)N1[C@@H](C(=O)Nc1cccc(Cl)c1)CS2. The number of thioether (sulfide) groups is 1. The first-order chi connectivity index (χ1) is 9.49. The van der Waals surface area contributed by atoms with Crippen LogP contribution >= 0.6 is 23.4 Å². The summed E-state index contributed by atoms with van der Waals surface area (Å²) in [6.07, 6.45) is 1.35. The van der Waals surface area contributed by atoms with Gasteiger partial charge in [-0.05, 0) is 31.5 Å². The van der Waals surface area contributed by atoms with Crippen LogP contribution in [0.5, 0.6) is 0 Å². The molecule has 1 N–H and O–H groups in total. The summed E-state index contributed by atoms with van der Waals surface area (Å²) in [5, 5.41) is 3.42. The van der Waals surface area contributed by atoms with Crippen molar-refractivity contribution in [1.82, 2.24) is 4.90 Å². The number of amides is 2. The lowest BCUT2D eigenvalue weighted by Gasteiger charge is -2.29. The molecule has 0 unspecified atom stereocenters. The van der Waals surface area contributed by atoms with Gasteiger partial charge in [-0.2, -0.15) is 0 Å². The van der Waals surface area contributed by atoms with E-state index in [1.54, 1.807) is 40.9 Å². The zero-order valence-corrected chi connectivity index (χ0v) is 12.6. The average Bonchev–Trinajstić information content (AvgIpc) is 2.87. The van der Waals surface area contributed by atoms with Crippen molar-refractivity contribution in [2.24, 2.45) is 0 Å². The fourth-order valence-corrected chi connectivity index (χ4v) is 4.43. The van der Waals surface area contributed by atoms with Gasteiger partial charge in [0.2, 0.25) is 11.8 Å². The fraction of sp³-hybridized carbons (Fsp3) is 0.429. The molecule has 20 heavy (non-hydrogen) atoms. The summed E-state index contributed by atoms with van der Waals surface area (Å²) >= 11 is 7.59. The molecule has 1 aromatic carbocycles. The smallest absolute Gasteiger partial charge is 0.248 e. The Morgan fingerprint density at radius 2 is 2.35 bits per heavy atom. The topological polar surface area (TPSA) is 49.4 Å². The lowest BCUT2D eigenvalue weighted by molar-refractivity contribution is -0.135. The van der Waals surface area contributed by atoms with E-state index in [1.807, 2.05) is 6.92 Å². The van der Waals surface area contributed by atoms with E-state index >= 15 is 0 Å². The van der Waals surface area contributed by atoms with Gasteiger partial charge >= 0.3 is 0 Å². The van der Waals surface area contributed by atoms with Crippen molar-refractivity contribution in [2.45, 2.75) is 30.7 Å². The summed E-state index contributed by atoms with van der Waals surface area (Å²) in [4.78, 5) is 25.9. The maximum atomic E-state index is 12.4. The zero-order chi connectivity index (χ0) is 14.3. The highest BCUT2D eigenvalue weighted by Gasteiger charge is 2.52. The minimum absolute atomic E-state index is 0.0729. The number of carbonyl (C=O) groups excluding carboxylic acids is 2. The maximum absolute atomic E-state index is 12.4. The molecule has 2 saturated heterocycles. The van der Waals surface area contributed by atoms with E-state index in [4.69, 9.17) is 11.6 Å². The molecule has 0 aliphatic carbocycles. The van der Waals surface area contributed by atoms with Gasteiger partial charge in [-0.1, -0.05) is 17.7 Å². The molecule has 0 aromatic heterocycles. The molecule has 2 aliphatic heterocycles. The Hall–Kier alpha value is -1.20. The van der Waals surface area contributed by atoms with Crippen LogP contribution in [0.1, 0.15) is 19.8 Å². The van der Waals surface area contributed by atoms with Crippen LogP contribution in [0.15, 0.2) is 24.3 Å². The van der Waals surface area contributed by atoms with Gasteiger partial charge in [0.05, 0.1) is 4.87 Å². The molecule has 2 fully saturated rings. The molecule has 106 valence electrons. The van der Waals surface area contributed by atoms with Crippen molar-refractivity contribution in [3.63, 3.8) is 0 Å². The molecule has 0 saturated carbocycles. The molecule has 4 nitrogen and oxygen atoms in total. The van der Waals surface area contributed by atoms with Crippen LogP contribution in [-0.4, -0.2) is 33.4 Å². The number of rotatable bonds is 2. The second-order valence-corrected chi connectivity index (χ2v) is 7.20. The number of hydrogen-bond donors (Lipinski definition) is 1. The van der Waals surface area contributed by atoms with Crippen molar-refractivity contribution in [2.75, 3.05) is 11.1 Å². The van der Waals surface area contributed by atoms with Crippen LogP contribution in [0.2, 0.25) is 5.02 Å². The Morgan fingerprint density at radius 3 is 3.10 bits per heavy atom. The highest BCUT2D eigenvalue weighted by molar-refractivity contribution is 8.01. The van der Waals surface area contributed by atoms with Gasteiger partial charge in [-0.25, -0.2) is 0 Å². The summed E-state index contributed by atoms with van der Waals surface area (Å²) in [7, 11) is 0. The lowest BCUT2D eigenvalue weighted by Crippen LogP contribution is -2.48. The fourth-order valence-electron chi connectivity index (χ4n) is 2.81. The van der Waals surface area contributed by atoms with Crippen molar-refractivity contribution >= 4 is 40.9 Å². The first-order valence-corrected chi connectivity index (χ1v) is 7.88. The monoisotopic (exact) mass is 310 g/mol. The summed E-state index contributed by atoms with van der Waals surface area (Å²) in [6, 6.07) is 6.64. The van der Waals surface area contributed by atoms with Crippen LogP contribution < -0.4 is 5.32 Å². The quantitative estimate of drug-likeness (QED) is 0.914. The van der Waals surface area contributed by atoms with E-state index in [-0.39, 0.29) is 22.7 Å². The van der Waals surface area contributed by atoms with Crippen LogP contribution in [0.3, 0.4) is 0 Å². The predicted octanol–water partition coefficient (Wildman–Crippen LogP) is 2.73. The highest BCUT2D eigenvalue weighted by atomic mass is 35.5. The van der Waals surface area contributed by atoms with E-state index in [0.717, 1.165) is 6.42 Å². The van der Waals surface area contributed by atoms with Gasteiger partial charge < -0.3 is 10.2 Å². The number of fused-ring (bicyclic) bond motifs is 1. The molecule has 0 radical (unpaired) electrons. The third-order valence-electron chi connectivity index (χ3n) is 3.84. The third kappa shape index (κ3) is 2.29. The van der Waals surface area contributed by atoms with Gasteiger partial charge in [0, 0.05) is 22.9 Å². The normalized spacial score (nSPS) is 28.6. The zero-order valence-electron chi connectivity index (χ0n) is 11.1. The van der Waals surface area contributed by atoms with Crippen LogP contribution in [0.25, 0.3) is 0 Å². The predicted molar refractivity (Wildman–Crippen MR) is 80.8 cm³/mol. The minimum Gasteiger partial charge on any atom is -0.324 e. The molecule has 3 rings (SSSR count). The summed E-state index contributed by atoms with van der Waals surface area (Å²) < 4.78 is 0. The number of halogens is 1. The minimum atomic E-state index is -0.390. The molecule has 2 atom stereocenters. The van der Waals surface area contributed by atoms with Gasteiger partial charge in [0.25, 0.3) is 0 Å². The Balaban J connectivity index is 1.76. The van der Waals surface area contributed by atoms with Crippen molar-refractivity contribution < 1.29 is 9.59 Å². The van der Waals surface area contributed by atoms with Crippen LogP contribution in [0.4, 0.5) is 5.69 Å². The molecule has 0 spiro atoms. The molecule has 0 bridgehead atoms. The number of carbonyl (C=O) groups is 2. The first-order valence-electron chi connectivity index (χ1n) is 6.52. The van der Waals surface area contributed by atoms with E-state index < -0.39 is 0 Å². The van der Waals surface area contributed by atoms with Crippen LogP contribution in [0, 0.1) is 0 Å². The van der Waals surface area contributed by atoms with Gasteiger partial charge in [-0.3, -0.25) is 9.59 Å². The Labute approximate surface area is 126 Å². The maximum Gasteiger partial charge on any atom is 0.248 e. The van der Waals surface area contributed by atoms with E-state index in [2.05, 4.69) is 5.32 Å². The largest absolute Gasteiger partial charge is 0.324 e. The van der Waals surface area contributed by atoms with Crippen molar-refractivity contribution in [3.05, 3.63) is 29.3 Å². The second-order valence-electron chi connectivity index (χ2n) is 5.27. The number of anilines is 1. The molecule has 1 aromatic rings. The molecular formula is C14H15ClN2O2S. The van der Waals surface area contributed by atoms with E-state index in [1.165, 1.54) is 0 Å². The lowest BCUT2D eigenvalue weighted by atomic mass is 10.2. The summed E-state index contributed by atoms with van der Waals surface area (Å²) in [5.41, 5.74) is 0.660. The Morgan fingerprint density at radius 1 is 1.55 bits per heavy atom. The number of nitrogens with zero attached hydrogens (tertiary/aromatic N) is 1. The number of benzene rings is 1. The molecule has 6 heteroatoms. The standard InChI is InChI=1S/C14H15ClN2O2S/c1-14-6-5-12(18)17(14)11(8-20-14)13(19)16-10-4-2-3-9(15)7-10/h2-4,7,11H,5-6,8H2,1H3,(H,16,19)/t11-,14+/m1/s1. The first kappa shape index (κ1) is 13.8. The van der Waals surface area contributed by atoms with Gasteiger partial charge in [-0.15, -0.1) is 11.8 Å².